The van der Waals surface area contributed by atoms with E-state index >= 15 is 0 Å². The quantitative estimate of drug-likeness (QED) is 0.346. The van der Waals surface area contributed by atoms with Gasteiger partial charge in [-0.3, -0.25) is 0 Å². The van der Waals surface area contributed by atoms with Crippen molar-refractivity contribution in [1.82, 2.24) is 0 Å². The summed E-state index contributed by atoms with van der Waals surface area (Å²) in [5, 5.41) is 9.64. The second kappa shape index (κ2) is 11.2. The number of rotatable bonds is 8. The van der Waals surface area contributed by atoms with Crippen LogP contribution >= 0.6 is 0 Å². The van der Waals surface area contributed by atoms with Crippen molar-refractivity contribution in [3.63, 3.8) is 0 Å². The van der Waals surface area contributed by atoms with Gasteiger partial charge in [0.25, 0.3) is 0 Å². The van der Waals surface area contributed by atoms with Crippen LogP contribution in [0.15, 0.2) is 48.5 Å². The van der Waals surface area contributed by atoms with E-state index in [1.807, 2.05) is 0 Å². The van der Waals surface area contributed by atoms with E-state index in [-0.39, 0.29) is 41.9 Å². The summed E-state index contributed by atoms with van der Waals surface area (Å²) in [5.74, 6) is -3.42. The molecule has 0 aliphatic heterocycles. The summed E-state index contributed by atoms with van der Waals surface area (Å²) in [5.41, 5.74) is 1.13. The molecule has 0 aromatic heterocycles. The molecule has 0 amide bonds. The molecule has 0 spiro atoms. The molecule has 35 heavy (non-hydrogen) atoms. The summed E-state index contributed by atoms with van der Waals surface area (Å²) in [6, 6.07) is 12.4. The van der Waals surface area contributed by atoms with Crippen LogP contribution in [0.5, 0.6) is 5.75 Å². The largest absolute Gasteiger partial charge is 0.489 e. The van der Waals surface area contributed by atoms with Crippen molar-refractivity contribution in [1.29, 1.82) is 0 Å². The van der Waals surface area contributed by atoms with Crippen molar-refractivity contribution in [2.24, 2.45) is 0 Å². The van der Waals surface area contributed by atoms with Crippen LogP contribution in [0.1, 0.15) is 55.2 Å². The number of aliphatic hydroxyl groups is 1. The molecular formula is C28H28F4O3. The molecule has 7 heteroatoms. The summed E-state index contributed by atoms with van der Waals surface area (Å²) in [6.07, 6.45) is 2.05. The van der Waals surface area contributed by atoms with Crippen LogP contribution in [0.25, 0.3) is 11.1 Å². The van der Waals surface area contributed by atoms with Gasteiger partial charge < -0.3 is 14.6 Å². The Bertz CT molecular complexity index is 1160. The van der Waals surface area contributed by atoms with E-state index in [9.17, 15) is 22.7 Å². The van der Waals surface area contributed by atoms with Gasteiger partial charge in [-0.2, -0.15) is 0 Å². The van der Waals surface area contributed by atoms with Crippen LogP contribution in [0.3, 0.4) is 0 Å². The summed E-state index contributed by atoms with van der Waals surface area (Å²) in [7, 11) is 0. The summed E-state index contributed by atoms with van der Waals surface area (Å²) >= 11 is 0. The minimum absolute atomic E-state index is 0.00573. The number of halogens is 4. The molecule has 1 saturated carbocycles. The highest BCUT2D eigenvalue weighted by Gasteiger charge is 2.25. The van der Waals surface area contributed by atoms with Crippen LogP contribution in [0.2, 0.25) is 0 Å². The molecule has 1 N–H and O–H groups in total. The lowest BCUT2D eigenvalue weighted by Crippen LogP contribution is -2.18. The highest BCUT2D eigenvalue weighted by molar-refractivity contribution is 5.65. The zero-order valence-corrected chi connectivity index (χ0v) is 19.5. The average molecular weight is 489 g/mol. The molecule has 0 saturated heterocycles. The Morgan fingerprint density at radius 2 is 1.37 bits per heavy atom. The van der Waals surface area contributed by atoms with Crippen LogP contribution in [0, 0.1) is 23.3 Å². The Kier molecular flexibility index (Phi) is 8.08. The third kappa shape index (κ3) is 5.68. The first-order chi connectivity index (χ1) is 16.9. The summed E-state index contributed by atoms with van der Waals surface area (Å²) in [6.45, 7) is 1.99. The summed E-state index contributed by atoms with van der Waals surface area (Å²) < 4.78 is 69.1. The van der Waals surface area contributed by atoms with Crippen LogP contribution in [-0.4, -0.2) is 17.8 Å². The number of hydrogen-bond donors (Lipinski definition) is 1. The van der Waals surface area contributed by atoms with E-state index in [0.29, 0.717) is 49.2 Å². The average Bonchev–Trinajstić information content (AvgIpc) is 2.87. The Balaban J connectivity index is 1.43. The lowest BCUT2D eigenvalue weighted by molar-refractivity contribution is 0.122. The van der Waals surface area contributed by atoms with Gasteiger partial charge in [0.15, 0.2) is 23.3 Å². The van der Waals surface area contributed by atoms with Crippen molar-refractivity contribution in [3.05, 3.63) is 88.5 Å². The second-order valence-electron chi connectivity index (χ2n) is 8.80. The molecule has 1 fully saturated rings. The highest BCUT2D eigenvalue weighted by Crippen LogP contribution is 2.35. The molecule has 1 aliphatic carbocycles. The molecule has 0 atom stereocenters. The fraction of sp³-hybridized carbons (Fsp3) is 0.357. The maximum absolute atomic E-state index is 14.7. The molecule has 0 radical (unpaired) electrons. The van der Waals surface area contributed by atoms with E-state index in [4.69, 9.17) is 9.47 Å². The van der Waals surface area contributed by atoms with Crippen LogP contribution < -0.4 is 4.74 Å². The molecular weight excluding hydrogens is 460 g/mol. The Morgan fingerprint density at radius 1 is 0.743 bits per heavy atom. The van der Waals surface area contributed by atoms with Crippen molar-refractivity contribution < 1.29 is 32.1 Å². The second-order valence-corrected chi connectivity index (χ2v) is 8.80. The van der Waals surface area contributed by atoms with Gasteiger partial charge in [-0.15, -0.1) is 0 Å². The van der Waals surface area contributed by atoms with Crippen molar-refractivity contribution >= 4 is 0 Å². The molecule has 3 aromatic rings. The van der Waals surface area contributed by atoms with Gasteiger partial charge in [0, 0.05) is 23.3 Å². The Hall–Kier alpha value is -2.90. The predicted molar refractivity (Wildman–Crippen MR) is 125 cm³/mol. The highest BCUT2D eigenvalue weighted by atomic mass is 19.2. The lowest BCUT2D eigenvalue weighted by Gasteiger charge is -2.26. The van der Waals surface area contributed by atoms with E-state index in [1.165, 1.54) is 18.2 Å². The van der Waals surface area contributed by atoms with Gasteiger partial charge in [-0.25, -0.2) is 17.6 Å². The van der Waals surface area contributed by atoms with Gasteiger partial charge in [0.05, 0.1) is 12.7 Å². The third-order valence-electron chi connectivity index (χ3n) is 6.51. The Morgan fingerprint density at radius 3 is 2.06 bits per heavy atom. The normalized spacial score (nSPS) is 18.0. The topological polar surface area (TPSA) is 38.7 Å². The standard InChI is InChI=1S/C28H28F4O3/c1-2-34-15-19-7-13-24(27(31)25(19)29)18-5-11-22(12-6-18)35-16-20-8-14-23(28(32)26(20)30)17-3-9-21(33)10-4-17/h5-8,11-14,17,21,33H,2-4,9-10,15-16H2,1H3. The zero-order valence-electron chi connectivity index (χ0n) is 19.5. The molecule has 0 unspecified atom stereocenters. The smallest absolute Gasteiger partial charge is 0.167 e. The predicted octanol–water partition coefficient (Wildman–Crippen LogP) is 7.04. The molecule has 4 rings (SSSR count). The fourth-order valence-corrected chi connectivity index (χ4v) is 4.45. The van der Waals surface area contributed by atoms with Crippen molar-refractivity contribution in [2.75, 3.05) is 6.61 Å². The van der Waals surface area contributed by atoms with Gasteiger partial charge >= 0.3 is 0 Å². The zero-order chi connectivity index (χ0) is 24.9. The van der Waals surface area contributed by atoms with Crippen molar-refractivity contribution in [3.8, 4) is 16.9 Å². The molecule has 0 bridgehead atoms. The van der Waals surface area contributed by atoms with Gasteiger partial charge in [-0.1, -0.05) is 36.4 Å². The minimum Gasteiger partial charge on any atom is -0.489 e. The van der Waals surface area contributed by atoms with Crippen LogP contribution in [0.4, 0.5) is 17.6 Å². The molecule has 186 valence electrons. The van der Waals surface area contributed by atoms with Gasteiger partial charge in [0.1, 0.15) is 12.4 Å². The lowest BCUT2D eigenvalue weighted by atomic mass is 9.82. The first-order valence-electron chi connectivity index (χ1n) is 11.8. The summed E-state index contributed by atoms with van der Waals surface area (Å²) in [4.78, 5) is 0. The SMILES string of the molecule is CCOCc1ccc(-c2ccc(OCc3ccc(C4CCC(O)CC4)c(F)c3F)cc2)c(F)c1F. The molecule has 1 aliphatic rings. The van der Waals surface area contributed by atoms with Gasteiger partial charge in [0.2, 0.25) is 0 Å². The van der Waals surface area contributed by atoms with E-state index < -0.39 is 23.3 Å². The van der Waals surface area contributed by atoms with E-state index in [1.54, 1.807) is 37.3 Å². The molecule has 3 nitrogen and oxygen atoms in total. The van der Waals surface area contributed by atoms with E-state index in [0.717, 1.165) is 0 Å². The van der Waals surface area contributed by atoms with Gasteiger partial charge in [-0.05, 0) is 61.8 Å². The number of ether oxygens (including phenoxy) is 2. The molecule has 0 heterocycles. The first kappa shape index (κ1) is 25.2. The fourth-order valence-electron chi connectivity index (χ4n) is 4.45. The third-order valence-corrected chi connectivity index (χ3v) is 6.51. The van der Waals surface area contributed by atoms with Crippen molar-refractivity contribution in [2.45, 2.75) is 57.8 Å². The number of aliphatic hydroxyl groups excluding tert-OH is 1. The number of hydrogen-bond acceptors (Lipinski definition) is 3. The minimum atomic E-state index is -0.957. The maximum atomic E-state index is 14.7. The number of benzene rings is 3. The first-order valence-corrected chi connectivity index (χ1v) is 11.8. The van der Waals surface area contributed by atoms with E-state index in [2.05, 4.69) is 0 Å². The maximum Gasteiger partial charge on any atom is 0.167 e. The molecule has 3 aromatic carbocycles. The van der Waals surface area contributed by atoms with Crippen LogP contribution in [-0.2, 0) is 18.0 Å². The monoisotopic (exact) mass is 488 g/mol. The Labute approximate surface area is 202 Å².